The van der Waals surface area contributed by atoms with E-state index in [2.05, 4.69) is 13.8 Å². The number of benzene rings is 2. The Labute approximate surface area is 177 Å². The molecular weight excluding hydrogens is 381 g/mol. The average Bonchev–Trinajstić information content (AvgIpc) is 2.71. The van der Waals surface area contributed by atoms with Crippen LogP contribution in [0.25, 0.3) is 0 Å². The molecule has 0 unspecified atom stereocenters. The van der Waals surface area contributed by atoms with Gasteiger partial charge in [0.1, 0.15) is 5.75 Å². The highest BCUT2D eigenvalue weighted by Crippen LogP contribution is 2.36. The fourth-order valence-electron chi connectivity index (χ4n) is 3.86. The molecule has 0 radical (unpaired) electrons. The van der Waals surface area contributed by atoms with Crippen molar-refractivity contribution in [2.75, 3.05) is 0 Å². The highest BCUT2D eigenvalue weighted by atomic mass is 16.5. The summed E-state index contributed by atoms with van der Waals surface area (Å²) in [7, 11) is -1.23. The summed E-state index contributed by atoms with van der Waals surface area (Å²) in [6.07, 6.45) is 2.38. The molecule has 0 saturated heterocycles. The number of fused-ring (bicyclic) bond motifs is 1. The Bertz CT molecular complexity index is 943. The predicted molar refractivity (Wildman–Crippen MR) is 116 cm³/mol. The van der Waals surface area contributed by atoms with Crippen molar-refractivity contribution in [3.8, 4) is 5.75 Å². The van der Waals surface area contributed by atoms with E-state index < -0.39 is 18.9 Å². The molecule has 4 N–H and O–H groups in total. The van der Waals surface area contributed by atoms with Crippen LogP contribution in [0.1, 0.15) is 64.1 Å². The predicted octanol–water partition coefficient (Wildman–Crippen LogP) is 3.49. The van der Waals surface area contributed by atoms with Crippen LogP contribution < -0.4 is 10.4 Å². The van der Waals surface area contributed by atoms with E-state index in [1.54, 1.807) is 18.2 Å². The fourth-order valence-corrected chi connectivity index (χ4v) is 3.86. The van der Waals surface area contributed by atoms with Gasteiger partial charge in [0.05, 0.1) is 5.56 Å². The first-order chi connectivity index (χ1) is 14.3. The minimum Gasteiger partial charge on any atom is -0.535 e. The first-order valence-corrected chi connectivity index (χ1v) is 10.3. The van der Waals surface area contributed by atoms with Crippen LogP contribution in [-0.4, -0.2) is 29.0 Å². The van der Waals surface area contributed by atoms with Gasteiger partial charge in [-0.15, -0.1) is 0 Å². The molecule has 0 fully saturated rings. The van der Waals surface area contributed by atoms with E-state index in [0.717, 1.165) is 24.0 Å². The number of carbonyl (C=O) groups excluding carboxylic acids is 1. The molecule has 0 bridgehead atoms. The van der Waals surface area contributed by atoms with E-state index >= 15 is 0 Å². The second kappa shape index (κ2) is 9.45. The quantitative estimate of drug-likeness (QED) is 0.455. The van der Waals surface area contributed by atoms with Crippen molar-refractivity contribution in [1.29, 1.82) is 0 Å². The molecule has 1 aliphatic heterocycles. The molecule has 2 aromatic carbocycles. The van der Waals surface area contributed by atoms with Gasteiger partial charge in [0.2, 0.25) is 0 Å². The number of nitrogens with two attached hydrogens (primary N) is 1. The molecule has 0 aliphatic carbocycles. The lowest BCUT2D eigenvalue weighted by molar-refractivity contribution is 0.0693. The number of ketones is 1. The molecule has 1 aliphatic rings. The van der Waals surface area contributed by atoms with Crippen LogP contribution in [0.15, 0.2) is 36.4 Å². The van der Waals surface area contributed by atoms with Crippen molar-refractivity contribution < 1.29 is 24.4 Å². The van der Waals surface area contributed by atoms with E-state index in [0.29, 0.717) is 30.0 Å². The fraction of sp³-hybridized carbons (Fsp3) is 0.391. The van der Waals surface area contributed by atoms with Gasteiger partial charge >= 0.3 is 13.1 Å². The Kier molecular flexibility index (Phi) is 6.95. The number of Topliss-reactive ketones (excluding diaryl/α,β-unsaturated/α-hetero) is 1. The van der Waals surface area contributed by atoms with Crippen LogP contribution in [0.5, 0.6) is 5.75 Å². The Morgan fingerprint density at radius 1 is 1.23 bits per heavy atom. The van der Waals surface area contributed by atoms with Crippen molar-refractivity contribution in [1.82, 2.24) is 0 Å². The smallest absolute Gasteiger partial charge is 0.526 e. The van der Waals surface area contributed by atoms with Crippen molar-refractivity contribution >= 4 is 18.9 Å². The molecule has 3 rings (SSSR count). The van der Waals surface area contributed by atoms with Crippen molar-refractivity contribution in [3.63, 3.8) is 0 Å². The Balaban J connectivity index is 1.77. The van der Waals surface area contributed by atoms with Crippen molar-refractivity contribution in [3.05, 3.63) is 64.2 Å². The number of carboxylic acid groups (broad SMARTS) is 1. The maximum absolute atomic E-state index is 12.9. The van der Waals surface area contributed by atoms with Crippen LogP contribution in [0.3, 0.4) is 0 Å². The average molecular weight is 409 g/mol. The lowest BCUT2D eigenvalue weighted by Gasteiger charge is -2.28. The molecule has 1 heterocycles. The first kappa shape index (κ1) is 22.1. The minimum absolute atomic E-state index is 0.0171. The highest BCUT2D eigenvalue weighted by Gasteiger charge is 2.37. The van der Waals surface area contributed by atoms with E-state index in [-0.39, 0.29) is 23.5 Å². The van der Waals surface area contributed by atoms with Gasteiger partial charge in [-0.25, -0.2) is 4.79 Å². The third-order valence-corrected chi connectivity index (χ3v) is 5.64. The summed E-state index contributed by atoms with van der Waals surface area (Å²) in [6, 6.07) is 10.5. The number of aryl methyl sites for hydroxylation is 1. The minimum atomic E-state index is -1.23. The van der Waals surface area contributed by atoms with Crippen molar-refractivity contribution in [2.24, 2.45) is 11.7 Å². The molecule has 0 amide bonds. The molecule has 1 atom stereocenters. The summed E-state index contributed by atoms with van der Waals surface area (Å²) in [5, 5.41) is 19.7. The monoisotopic (exact) mass is 409 g/mol. The second-order valence-electron chi connectivity index (χ2n) is 8.32. The van der Waals surface area contributed by atoms with E-state index in [1.807, 2.05) is 12.1 Å². The van der Waals surface area contributed by atoms with Gasteiger partial charge in [0.25, 0.3) is 0 Å². The van der Waals surface area contributed by atoms with Crippen LogP contribution in [0, 0.1) is 5.92 Å². The van der Waals surface area contributed by atoms with Crippen LogP contribution in [0.4, 0.5) is 0 Å². The maximum atomic E-state index is 12.9. The zero-order valence-electron chi connectivity index (χ0n) is 17.4. The summed E-state index contributed by atoms with van der Waals surface area (Å²) in [5.41, 5.74) is 9.30. The summed E-state index contributed by atoms with van der Waals surface area (Å²) < 4.78 is 5.50. The van der Waals surface area contributed by atoms with Gasteiger partial charge in [0.15, 0.2) is 5.78 Å². The molecule has 2 aromatic rings. The third kappa shape index (κ3) is 4.91. The molecular formula is C23H28BNO5. The van der Waals surface area contributed by atoms with Gasteiger partial charge in [0, 0.05) is 24.3 Å². The molecule has 7 heteroatoms. The van der Waals surface area contributed by atoms with Gasteiger partial charge in [-0.3, -0.25) is 4.79 Å². The number of rotatable bonds is 8. The molecule has 30 heavy (non-hydrogen) atoms. The summed E-state index contributed by atoms with van der Waals surface area (Å²) in [5.74, 6) is -0.885. The van der Waals surface area contributed by atoms with E-state index in [9.17, 15) is 19.7 Å². The lowest BCUT2D eigenvalue weighted by atomic mass is 9.64. The molecule has 158 valence electrons. The number of carbonyl (C=O) groups is 2. The van der Waals surface area contributed by atoms with Gasteiger partial charge in [-0.1, -0.05) is 38.1 Å². The van der Waals surface area contributed by atoms with Gasteiger partial charge in [-0.05, 0) is 54.0 Å². The normalized spacial score (nSPS) is 15.6. The third-order valence-electron chi connectivity index (χ3n) is 5.64. The SMILES string of the molecule is CC(C)CCc1cc(C(=O)C[C@H]2Cc3cccc(C(=O)O)c3OB2O)ccc1CN. The second-order valence-corrected chi connectivity index (χ2v) is 8.32. The highest BCUT2D eigenvalue weighted by molar-refractivity contribution is 6.47. The number of carboxylic acids is 1. The Morgan fingerprint density at radius 3 is 2.67 bits per heavy atom. The zero-order valence-corrected chi connectivity index (χ0v) is 17.4. The molecule has 0 spiro atoms. The summed E-state index contributed by atoms with van der Waals surface area (Å²) in [6.45, 7) is 4.75. The molecule has 6 nitrogen and oxygen atoms in total. The summed E-state index contributed by atoms with van der Waals surface area (Å²) >= 11 is 0. The van der Waals surface area contributed by atoms with Crippen molar-refractivity contribution in [2.45, 2.75) is 51.9 Å². The van der Waals surface area contributed by atoms with E-state index in [4.69, 9.17) is 10.4 Å². The van der Waals surface area contributed by atoms with Crippen LogP contribution in [-0.2, 0) is 19.4 Å². The molecule has 0 saturated carbocycles. The van der Waals surface area contributed by atoms with E-state index in [1.165, 1.54) is 6.07 Å². The Hall–Kier alpha value is -2.64. The molecule has 0 aromatic heterocycles. The standard InChI is InChI=1S/C23H28BNO5/c1-14(2)6-7-15-10-16(8-9-18(15)13-25)21(26)12-19-11-17-4-3-5-20(23(27)28)22(17)30-24(19)29/h3-5,8-10,14,19,29H,6-7,11-13,25H2,1-2H3,(H,27,28)/t19-/m1/s1. The largest absolute Gasteiger partial charge is 0.535 e. The van der Waals surface area contributed by atoms with Crippen LogP contribution in [0.2, 0.25) is 5.82 Å². The van der Waals surface area contributed by atoms with Gasteiger partial charge < -0.3 is 20.5 Å². The maximum Gasteiger partial charge on any atom is 0.526 e. The number of aromatic carboxylic acids is 1. The first-order valence-electron chi connectivity index (χ1n) is 10.3. The lowest BCUT2D eigenvalue weighted by Crippen LogP contribution is -2.35. The summed E-state index contributed by atoms with van der Waals surface area (Å²) in [4.78, 5) is 24.3. The number of hydrogen-bond donors (Lipinski definition) is 3. The zero-order chi connectivity index (χ0) is 21.8. The topological polar surface area (TPSA) is 110 Å². The van der Waals surface area contributed by atoms with Crippen LogP contribution >= 0.6 is 0 Å². The Morgan fingerprint density at radius 2 is 2.00 bits per heavy atom. The van der Waals surface area contributed by atoms with Gasteiger partial charge in [-0.2, -0.15) is 0 Å². The number of para-hydroxylation sites is 1. The number of hydrogen-bond acceptors (Lipinski definition) is 5.